The minimum absolute atomic E-state index is 0.0660. The first-order chi connectivity index (χ1) is 9.18. The first-order valence-electron chi connectivity index (χ1n) is 6.81. The molecule has 0 saturated heterocycles. The fourth-order valence-electron chi connectivity index (χ4n) is 3.17. The van der Waals surface area contributed by atoms with Gasteiger partial charge in [0.1, 0.15) is 4.99 Å². The number of nitrogens with one attached hydrogen (secondary N) is 1. The van der Waals surface area contributed by atoms with Crippen molar-refractivity contribution in [3.05, 3.63) is 34.9 Å². The van der Waals surface area contributed by atoms with E-state index < -0.39 is 0 Å². The molecule has 1 aliphatic heterocycles. The van der Waals surface area contributed by atoms with Crippen LogP contribution in [0.1, 0.15) is 59.5 Å². The van der Waals surface area contributed by atoms with E-state index >= 15 is 0 Å². The molecule has 2 nitrogen and oxygen atoms in total. The zero-order chi connectivity index (χ0) is 13.4. The van der Waals surface area contributed by atoms with Gasteiger partial charge < -0.3 is 5.32 Å². The van der Waals surface area contributed by atoms with Crippen molar-refractivity contribution in [3.8, 4) is 0 Å². The van der Waals surface area contributed by atoms with Crippen LogP contribution < -0.4 is 5.32 Å². The highest BCUT2D eigenvalue weighted by molar-refractivity contribution is 7.80. The van der Waals surface area contributed by atoms with Gasteiger partial charge in [0, 0.05) is 16.9 Å². The molecule has 1 heterocycles. The van der Waals surface area contributed by atoms with Crippen molar-refractivity contribution in [2.75, 3.05) is 0 Å². The van der Waals surface area contributed by atoms with E-state index in [1.165, 1.54) is 19.3 Å². The second-order valence-corrected chi connectivity index (χ2v) is 6.28. The van der Waals surface area contributed by atoms with Crippen molar-refractivity contribution in [1.29, 1.82) is 0 Å². The van der Waals surface area contributed by atoms with Crippen LogP contribution in [0.2, 0.25) is 0 Å². The number of carbonyl (C=O) groups excluding carboxylic acids is 1. The molecule has 2 unspecified atom stereocenters. The molecule has 1 aliphatic carbocycles. The first kappa shape index (κ1) is 13.1. The molecule has 100 valence electrons. The van der Waals surface area contributed by atoms with E-state index in [2.05, 4.69) is 5.32 Å². The third-order valence-electron chi connectivity index (χ3n) is 4.13. The number of rotatable bonds is 1. The van der Waals surface area contributed by atoms with Gasteiger partial charge in [0.15, 0.2) is 0 Å². The van der Waals surface area contributed by atoms with Gasteiger partial charge >= 0.3 is 0 Å². The summed E-state index contributed by atoms with van der Waals surface area (Å²) in [5, 5.41) is 2.86. The first-order valence-corrected chi connectivity index (χ1v) is 7.65. The quantitative estimate of drug-likeness (QED) is 0.485. The van der Waals surface area contributed by atoms with Crippen molar-refractivity contribution < 1.29 is 4.79 Å². The molecule has 2 atom stereocenters. The molecule has 0 aromatic heterocycles. The highest BCUT2D eigenvalue weighted by atomic mass is 35.5. The molecule has 0 radical (unpaired) electrons. The summed E-state index contributed by atoms with van der Waals surface area (Å²) >= 11 is 11.7. The summed E-state index contributed by atoms with van der Waals surface area (Å²) in [7, 11) is 0. The lowest BCUT2D eigenvalue weighted by molar-refractivity contribution is 0.0982. The van der Waals surface area contributed by atoms with Crippen molar-refractivity contribution in [1.82, 2.24) is 5.32 Å². The molecule has 1 fully saturated rings. The second-order valence-electron chi connectivity index (χ2n) is 5.31. The van der Waals surface area contributed by atoms with Crippen molar-refractivity contribution in [3.63, 3.8) is 0 Å². The monoisotopic (exact) mass is 293 g/mol. The van der Waals surface area contributed by atoms with Crippen LogP contribution in [0.5, 0.6) is 0 Å². The minimum atomic E-state index is -0.0660. The Labute approximate surface area is 123 Å². The Kier molecular flexibility index (Phi) is 3.59. The lowest BCUT2D eigenvalue weighted by Gasteiger charge is -2.21. The van der Waals surface area contributed by atoms with Gasteiger partial charge in [-0.2, -0.15) is 0 Å². The number of thiocarbonyl (C=S) groups is 1. The summed E-state index contributed by atoms with van der Waals surface area (Å²) in [5.41, 5.74) is 2.70. The van der Waals surface area contributed by atoms with Crippen LogP contribution in [0, 0.1) is 0 Å². The Morgan fingerprint density at radius 1 is 1.21 bits per heavy atom. The zero-order valence-electron chi connectivity index (χ0n) is 10.6. The second kappa shape index (κ2) is 5.22. The third kappa shape index (κ3) is 2.30. The van der Waals surface area contributed by atoms with Crippen molar-refractivity contribution in [2.24, 2.45) is 0 Å². The van der Waals surface area contributed by atoms with Crippen LogP contribution in [0.4, 0.5) is 0 Å². The number of carbonyl (C=O) groups is 1. The maximum absolute atomic E-state index is 12.1. The number of hydrogen-bond donors (Lipinski definition) is 1. The number of amides is 1. The number of alkyl halides is 1. The van der Waals surface area contributed by atoms with E-state index in [1.807, 2.05) is 18.2 Å². The van der Waals surface area contributed by atoms with Crippen LogP contribution >= 0.6 is 23.8 Å². The number of benzene rings is 1. The SMILES string of the molecule is O=C1NC(=S)c2cccc(C3CCCCCC3Cl)c21. The van der Waals surface area contributed by atoms with E-state index in [-0.39, 0.29) is 17.2 Å². The van der Waals surface area contributed by atoms with E-state index in [9.17, 15) is 4.79 Å². The normalized spacial score (nSPS) is 26.8. The van der Waals surface area contributed by atoms with Crippen molar-refractivity contribution in [2.45, 2.75) is 43.4 Å². The molecule has 4 heteroatoms. The molecule has 1 saturated carbocycles. The molecule has 0 spiro atoms. The van der Waals surface area contributed by atoms with Gasteiger partial charge in [0.05, 0.1) is 5.56 Å². The number of fused-ring (bicyclic) bond motifs is 1. The Balaban J connectivity index is 2.06. The number of hydrogen-bond acceptors (Lipinski definition) is 2. The molecule has 1 aromatic carbocycles. The molecule has 1 N–H and O–H groups in total. The van der Waals surface area contributed by atoms with Crippen molar-refractivity contribution >= 4 is 34.7 Å². The summed E-state index contributed by atoms with van der Waals surface area (Å²) in [4.78, 5) is 12.6. The summed E-state index contributed by atoms with van der Waals surface area (Å²) in [5.74, 6) is 0.203. The Morgan fingerprint density at radius 2 is 2.00 bits per heavy atom. The topological polar surface area (TPSA) is 29.1 Å². The summed E-state index contributed by atoms with van der Waals surface area (Å²) < 4.78 is 0. The third-order valence-corrected chi connectivity index (χ3v) is 4.97. The molecule has 2 aliphatic rings. The Morgan fingerprint density at radius 3 is 2.84 bits per heavy atom. The van der Waals surface area contributed by atoms with Crippen LogP contribution in [-0.4, -0.2) is 16.3 Å². The van der Waals surface area contributed by atoms with Crippen LogP contribution in [0.3, 0.4) is 0 Å². The smallest absolute Gasteiger partial charge is 0.257 e. The van der Waals surface area contributed by atoms with Gasteiger partial charge in [-0.25, -0.2) is 0 Å². The van der Waals surface area contributed by atoms with Gasteiger partial charge in [0.25, 0.3) is 5.91 Å². The number of halogens is 1. The zero-order valence-corrected chi connectivity index (χ0v) is 12.2. The predicted octanol–water partition coefficient (Wildman–Crippen LogP) is 3.76. The van der Waals surface area contributed by atoms with Crippen LogP contribution in [0.15, 0.2) is 18.2 Å². The highest BCUT2D eigenvalue weighted by Crippen LogP contribution is 2.38. The summed E-state index contributed by atoms with van der Waals surface area (Å²) in [6, 6.07) is 5.94. The maximum Gasteiger partial charge on any atom is 0.257 e. The molecule has 1 amide bonds. The largest absolute Gasteiger partial charge is 0.312 e. The lowest BCUT2D eigenvalue weighted by Crippen LogP contribution is -2.20. The standard InChI is InChI=1S/C15H16ClNOS/c16-12-8-3-1-2-5-9(12)10-6-4-7-11-13(10)14(18)17-15(11)19/h4,6-7,9,12H,1-3,5,8H2,(H,17,18,19). The van der Waals surface area contributed by atoms with E-state index in [0.717, 1.165) is 29.5 Å². The molecular formula is C15H16ClNOS. The lowest BCUT2D eigenvalue weighted by atomic mass is 9.86. The van der Waals surface area contributed by atoms with Gasteiger partial charge in [0.2, 0.25) is 0 Å². The molecule has 1 aromatic rings. The Bertz CT molecular complexity index is 543. The highest BCUT2D eigenvalue weighted by Gasteiger charge is 2.32. The molecule has 0 bridgehead atoms. The fourth-order valence-corrected chi connectivity index (χ4v) is 3.85. The molecule has 3 rings (SSSR count). The summed E-state index contributed by atoms with van der Waals surface area (Å²) in [6.07, 6.45) is 5.69. The molecular weight excluding hydrogens is 278 g/mol. The minimum Gasteiger partial charge on any atom is -0.312 e. The van der Waals surface area contributed by atoms with Gasteiger partial charge in [-0.15, -0.1) is 11.6 Å². The molecule has 19 heavy (non-hydrogen) atoms. The van der Waals surface area contributed by atoms with E-state index in [0.29, 0.717) is 4.99 Å². The van der Waals surface area contributed by atoms with Gasteiger partial charge in [-0.1, -0.05) is 49.7 Å². The predicted molar refractivity (Wildman–Crippen MR) is 81.1 cm³/mol. The fraction of sp³-hybridized carbons (Fsp3) is 0.467. The van der Waals surface area contributed by atoms with E-state index in [4.69, 9.17) is 23.8 Å². The average Bonchev–Trinajstić information content (AvgIpc) is 2.58. The van der Waals surface area contributed by atoms with E-state index in [1.54, 1.807) is 0 Å². The summed E-state index contributed by atoms with van der Waals surface area (Å²) in [6.45, 7) is 0. The van der Waals surface area contributed by atoms with Gasteiger partial charge in [-0.05, 0) is 18.4 Å². The van der Waals surface area contributed by atoms with Crippen LogP contribution in [-0.2, 0) is 0 Å². The Hall–Kier alpha value is -0.930. The van der Waals surface area contributed by atoms with Gasteiger partial charge in [-0.3, -0.25) is 4.79 Å². The van der Waals surface area contributed by atoms with Crippen LogP contribution in [0.25, 0.3) is 0 Å². The maximum atomic E-state index is 12.1. The average molecular weight is 294 g/mol.